The third-order valence-electron chi connectivity index (χ3n) is 5.20. The van der Waals surface area contributed by atoms with E-state index in [2.05, 4.69) is 20.6 Å². The van der Waals surface area contributed by atoms with Gasteiger partial charge in [0.25, 0.3) is 11.5 Å². The minimum absolute atomic E-state index is 0.202. The Morgan fingerprint density at radius 1 is 1.12 bits per heavy atom. The largest absolute Gasteiger partial charge is 0.321 e. The Bertz CT molecular complexity index is 1530. The highest BCUT2D eigenvalue weighted by molar-refractivity contribution is 7.20. The van der Waals surface area contributed by atoms with Crippen LogP contribution in [0.4, 0.5) is 5.69 Å². The van der Waals surface area contributed by atoms with Gasteiger partial charge in [-0.05, 0) is 42.8 Å². The lowest BCUT2D eigenvalue weighted by molar-refractivity contribution is 0.103. The number of thiophene rings is 1. The zero-order valence-electron chi connectivity index (χ0n) is 17.5. The molecule has 2 aromatic carbocycles. The van der Waals surface area contributed by atoms with Crippen LogP contribution in [0.1, 0.15) is 20.9 Å². The highest BCUT2D eigenvalue weighted by Crippen LogP contribution is 2.30. The quantitative estimate of drug-likeness (QED) is 0.369. The molecule has 164 valence electrons. The summed E-state index contributed by atoms with van der Waals surface area (Å²) >= 11 is 7.71. The number of amides is 1. The number of H-pyrrole nitrogens is 1. The van der Waals surface area contributed by atoms with Crippen molar-refractivity contribution in [1.29, 1.82) is 0 Å². The molecule has 0 unspecified atom stereocenters. The molecule has 0 radical (unpaired) electrons. The number of nitrogens with zero attached hydrogens (tertiary/aromatic N) is 3. The van der Waals surface area contributed by atoms with Gasteiger partial charge in [-0.25, -0.2) is 5.10 Å². The molecule has 0 bridgehead atoms. The van der Waals surface area contributed by atoms with Gasteiger partial charge in [0.2, 0.25) is 0 Å². The minimum atomic E-state index is -0.267. The number of hydrogen-bond donors (Lipinski definition) is 2. The van der Waals surface area contributed by atoms with Gasteiger partial charge < -0.3 is 5.32 Å². The van der Waals surface area contributed by atoms with Gasteiger partial charge in [0, 0.05) is 27.7 Å². The van der Waals surface area contributed by atoms with Gasteiger partial charge in [-0.3, -0.25) is 14.3 Å². The van der Waals surface area contributed by atoms with Crippen LogP contribution in [0.15, 0.2) is 71.5 Å². The summed E-state index contributed by atoms with van der Waals surface area (Å²) in [5.41, 5.74) is 3.59. The minimum Gasteiger partial charge on any atom is -0.321 e. The van der Waals surface area contributed by atoms with Crippen LogP contribution in [-0.2, 0) is 6.54 Å². The molecule has 1 amide bonds. The van der Waals surface area contributed by atoms with Crippen LogP contribution < -0.4 is 10.9 Å². The van der Waals surface area contributed by atoms with Gasteiger partial charge >= 0.3 is 0 Å². The van der Waals surface area contributed by atoms with Crippen LogP contribution in [0.3, 0.4) is 0 Å². The molecular weight excluding hydrogens is 458 g/mol. The molecule has 2 N–H and O–H groups in total. The van der Waals surface area contributed by atoms with Crippen molar-refractivity contribution in [2.75, 3.05) is 5.32 Å². The number of halogens is 1. The molecule has 9 heteroatoms. The number of hydrogen-bond acceptors (Lipinski definition) is 5. The summed E-state index contributed by atoms with van der Waals surface area (Å²) in [6.45, 7) is 2.46. The first kappa shape index (κ1) is 21.1. The topological polar surface area (TPSA) is 92.7 Å². The van der Waals surface area contributed by atoms with Gasteiger partial charge in [0.15, 0.2) is 0 Å². The Morgan fingerprint density at radius 3 is 2.76 bits per heavy atom. The second-order valence-corrected chi connectivity index (χ2v) is 8.94. The van der Waals surface area contributed by atoms with E-state index in [4.69, 9.17) is 11.6 Å². The zero-order chi connectivity index (χ0) is 22.9. The van der Waals surface area contributed by atoms with Crippen LogP contribution in [0.5, 0.6) is 0 Å². The number of aromatic nitrogens is 4. The van der Waals surface area contributed by atoms with Crippen molar-refractivity contribution >= 4 is 44.7 Å². The lowest BCUT2D eigenvalue weighted by Crippen LogP contribution is -2.10. The number of benzene rings is 2. The molecule has 33 heavy (non-hydrogen) atoms. The van der Waals surface area contributed by atoms with Gasteiger partial charge in [-0.2, -0.15) is 10.2 Å². The zero-order valence-corrected chi connectivity index (χ0v) is 19.1. The smallest absolute Gasteiger partial charge is 0.265 e. The number of fused-ring (bicyclic) bond motifs is 1. The van der Waals surface area contributed by atoms with E-state index in [0.29, 0.717) is 27.8 Å². The summed E-state index contributed by atoms with van der Waals surface area (Å²) in [4.78, 5) is 25.8. The second kappa shape index (κ2) is 8.65. The monoisotopic (exact) mass is 475 g/mol. The van der Waals surface area contributed by atoms with Gasteiger partial charge in [0.1, 0.15) is 4.83 Å². The van der Waals surface area contributed by atoms with E-state index in [0.717, 1.165) is 27.0 Å². The summed E-state index contributed by atoms with van der Waals surface area (Å²) in [5, 5.41) is 15.7. The summed E-state index contributed by atoms with van der Waals surface area (Å²) in [6, 6.07) is 19.9. The van der Waals surface area contributed by atoms with Crippen LogP contribution in [0, 0.1) is 6.92 Å². The Kier molecular flexibility index (Phi) is 5.53. The Labute approximate surface area is 197 Å². The lowest BCUT2D eigenvalue weighted by Gasteiger charge is -2.06. The number of carbonyl (C=O) groups is 1. The van der Waals surface area contributed by atoms with E-state index >= 15 is 0 Å². The summed E-state index contributed by atoms with van der Waals surface area (Å²) in [5.74, 6) is -0.202. The fourth-order valence-electron chi connectivity index (χ4n) is 3.57. The summed E-state index contributed by atoms with van der Waals surface area (Å²) < 4.78 is 1.88. The maximum absolute atomic E-state index is 13.0. The molecule has 0 aliphatic heterocycles. The van der Waals surface area contributed by atoms with E-state index < -0.39 is 0 Å². The predicted octanol–water partition coefficient (Wildman–Crippen LogP) is 5.11. The number of nitrogens with one attached hydrogen (secondary N) is 2. The molecular formula is C24H18ClN5O2S. The first-order valence-corrected chi connectivity index (χ1v) is 11.4. The molecule has 0 saturated carbocycles. The fraction of sp³-hybridized carbons (Fsp3) is 0.0833. The fourth-order valence-corrected chi connectivity index (χ4v) is 4.83. The third-order valence-corrected chi connectivity index (χ3v) is 6.72. The molecule has 3 heterocycles. The van der Waals surface area contributed by atoms with Crippen molar-refractivity contribution in [3.05, 3.63) is 98.2 Å². The number of rotatable bonds is 5. The molecule has 0 saturated heterocycles. The molecule has 7 nitrogen and oxygen atoms in total. The van der Waals surface area contributed by atoms with Gasteiger partial charge in [-0.15, -0.1) is 11.3 Å². The van der Waals surface area contributed by atoms with Crippen molar-refractivity contribution < 1.29 is 4.79 Å². The third kappa shape index (κ3) is 4.30. The molecule has 0 spiro atoms. The Balaban J connectivity index is 1.40. The van der Waals surface area contributed by atoms with E-state index in [1.165, 1.54) is 17.4 Å². The van der Waals surface area contributed by atoms with Gasteiger partial charge in [0.05, 0.1) is 22.8 Å². The molecule has 0 fully saturated rings. The number of anilines is 1. The molecule has 5 aromatic rings. The molecule has 0 aliphatic rings. The normalized spacial score (nSPS) is 11.1. The standard InChI is InChI=1S/C24H18ClN5O2S/c1-14-18-12-21(33-24(18)30(29-14)13-16-5-2-3-8-19(16)25)23(32)26-17-7-4-6-15(11-17)20-9-10-22(31)28-27-20/h2-12H,13H2,1H3,(H,26,32)(H,28,31). The summed E-state index contributed by atoms with van der Waals surface area (Å²) in [6.07, 6.45) is 0. The van der Waals surface area contributed by atoms with E-state index in [1.54, 1.807) is 6.07 Å². The Morgan fingerprint density at radius 2 is 1.97 bits per heavy atom. The van der Waals surface area contributed by atoms with Crippen molar-refractivity contribution in [3.8, 4) is 11.3 Å². The maximum Gasteiger partial charge on any atom is 0.265 e. The van der Waals surface area contributed by atoms with E-state index in [1.807, 2.05) is 66.2 Å². The Hall–Kier alpha value is -3.75. The first-order valence-electron chi connectivity index (χ1n) is 10.2. The molecule has 3 aromatic heterocycles. The SMILES string of the molecule is Cc1nn(Cc2ccccc2Cl)c2sc(C(=O)Nc3cccc(-c4ccc(=O)[nH]n4)c3)cc12. The molecule has 0 atom stereocenters. The van der Waals surface area contributed by atoms with E-state index in [-0.39, 0.29) is 11.5 Å². The van der Waals surface area contributed by atoms with Gasteiger partial charge in [-0.1, -0.05) is 41.9 Å². The van der Waals surface area contributed by atoms with Crippen LogP contribution in [0.25, 0.3) is 21.5 Å². The van der Waals surface area contributed by atoms with Crippen molar-refractivity contribution in [1.82, 2.24) is 20.0 Å². The second-order valence-electron chi connectivity index (χ2n) is 7.51. The van der Waals surface area contributed by atoms with Crippen LogP contribution in [-0.4, -0.2) is 25.9 Å². The van der Waals surface area contributed by atoms with E-state index in [9.17, 15) is 9.59 Å². The maximum atomic E-state index is 13.0. The first-order chi connectivity index (χ1) is 16.0. The van der Waals surface area contributed by atoms with Crippen LogP contribution in [0.2, 0.25) is 5.02 Å². The highest BCUT2D eigenvalue weighted by Gasteiger charge is 2.17. The summed E-state index contributed by atoms with van der Waals surface area (Å²) in [7, 11) is 0. The molecule has 0 aliphatic carbocycles. The number of aromatic amines is 1. The lowest BCUT2D eigenvalue weighted by atomic mass is 10.1. The van der Waals surface area contributed by atoms with Crippen LogP contribution >= 0.6 is 22.9 Å². The van der Waals surface area contributed by atoms with Crippen molar-refractivity contribution in [2.24, 2.45) is 0 Å². The van der Waals surface area contributed by atoms with Crippen molar-refractivity contribution in [3.63, 3.8) is 0 Å². The average molecular weight is 476 g/mol. The average Bonchev–Trinajstić information content (AvgIpc) is 3.37. The number of carbonyl (C=O) groups excluding carboxylic acids is 1. The number of aryl methyl sites for hydroxylation is 1. The highest BCUT2D eigenvalue weighted by atomic mass is 35.5. The predicted molar refractivity (Wildman–Crippen MR) is 131 cm³/mol. The van der Waals surface area contributed by atoms with Crippen molar-refractivity contribution in [2.45, 2.75) is 13.5 Å². The molecule has 5 rings (SSSR count).